The second-order valence-electron chi connectivity index (χ2n) is 9.69. The van der Waals surface area contributed by atoms with Crippen LogP contribution >= 0.6 is 8.58 Å². The summed E-state index contributed by atoms with van der Waals surface area (Å²) in [5, 5.41) is 0.855. The molecule has 4 nitrogen and oxygen atoms in total. The van der Waals surface area contributed by atoms with Crippen molar-refractivity contribution in [3.8, 4) is 17.2 Å². The molecule has 0 heterocycles. The zero-order valence-corrected chi connectivity index (χ0v) is 24.4. The summed E-state index contributed by atoms with van der Waals surface area (Å²) in [6, 6.07) is 8.09. The Morgan fingerprint density at radius 1 is 0.676 bits per heavy atom. The molecule has 0 amide bonds. The SMILES string of the molecule is CCCCCOc1cc(OCCCCC)c(PC(=O)c2c(C)cc(C)cc2C)c(OCCCCC)c1.[LiH]. The molecule has 0 aliphatic carbocycles. The molecular formula is C31H48LiO4P. The molecular weight excluding hydrogens is 474 g/mol. The van der Waals surface area contributed by atoms with Gasteiger partial charge in [-0.3, -0.25) is 4.79 Å². The van der Waals surface area contributed by atoms with Crippen molar-refractivity contribution in [2.24, 2.45) is 0 Å². The first kappa shape index (κ1) is 33.6. The van der Waals surface area contributed by atoms with Gasteiger partial charge in [0.2, 0.25) is 0 Å². The number of aryl methyl sites for hydroxylation is 3. The van der Waals surface area contributed by atoms with Crippen molar-refractivity contribution in [2.75, 3.05) is 19.8 Å². The molecule has 0 fully saturated rings. The van der Waals surface area contributed by atoms with E-state index in [0.717, 1.165) is 97.0 Å². The van der Waals surface area contributed by atoms with Crippen LogP contribution in [0.3, 0.4) is 0 Å². The summed E-state index contributed by atoms with van der Waals surface area (Å²) in [6.45, 7) is 14.6. The molecule has 0 radical (unpaired) electrons. The second kappa shape index (κ2) is 18.7. The molecule has 202 valence electrons. The summed E-state index contributed by atoms with van der Waals surface area (Å²) < 4.78 is 18.7. The Balaban J connectivity index is 0.00000684. The van der Waals surface area contributed by atoms with Crippen molar-refractivity contribution in [3.05, 3.63) is 46.5 Å². The van der Waals surface area contributed by atoms with Crippen LogP contribution in [0.5, 0.6) is 17.2 Å². The topological polar surface area (TPSA) is 44.8 Å². The number of rotatable bonds is 18. The Kier molecular flexibility index (Phi) is 17.0. The normalized spacial score (nSPS) is 11.0. The van der Waals surface area contributed by atoms with Crippen LogP contribution in [0, 0.1) is 20.8 Å². The molecule has 0 bridgehead atoms. The van der Waals surface area contributed by atoms with Crippen molar-refractivity contribution in [1.29, 1.82) is 0 Å². The van der Waals surface area contributed by atoms with E-state index in [1.807, 2.05) is 26.0 Å². The number of ether oxygens (including phenoxy) is 3. The monoisotopic (exact) mass is 522 g/mol. The van der Waals surface area contributed by atoms with E-state index in [1.54, 1.807) is 0 Å². The minimum atomic E-state index is -0.0785. The first-order valence-corrected chi connectivity index (χ1v) is 14.9. The van der Waals surface area contributed by atoms with Gasteiger partial charge in [0.25, 0.3) is 0 Å². The number of benzene rings is 2. The molecule has 0 aliphatic rings. The predicted molar refractivity (Wildman–Crippen MR) is 162 cm³/mol. The van der Waals surface area contributed by atoms with Gasteiger partial charge in [-0.05, 0) is 59.7 Å². The van der Waals surface area contributed by atoms with E-state index in [1.165, 1.54) is 5.56 Å². The summed E-state index contributed by atoms with van der Waals surface area (Å²) in [5.74, 6) is 2.20. The molecule has 0 spiro atoms. The predicted octanol–water partition coefficient (Wildman–Crippen LogP) is 7.81. The van der Waals surface area contributed by atoms with Gasteiger partial charge in [-0.25, -0.2) is 0 Å². The zero-order chi connectivity index (χ0) is 26.3. The Labute approximate surface area is 239 Å². The fourth-order valence-corrected chi connectivity index (χ4v) is 5.61. The van der Waals surface area contributed by atoms with E-state index in [0.29, 0.717) is 19.8 Å². The van der Waals surface area contributed by atoms with E-state index in [2.05, 4.69) is 39.8 Å². The number of hydrogen-bond acceptors (Lipinski definition) is 4. The van der Waals surface area contributed by atoms with Gasteiger partial charge in [-0.15, -0.1) is 0 Å². The molecule has 37 heavy (non-hydrogen) atoms. The van der Waals surface area contributed by atoms with Gasteiger partial charge >= 0.3 is 18.9 Å². The van der Waals surface area contributed by atoms with Gasteiger partial charge in [-0.2, -0.15) is 0 Å². The van der Waals surface area contributed by atoms with E-state index >= 15 is 0 Å². The molecule has 1 unspecified atom stereocenters. The Hall–Kier alpha value is -1.46. The summed E-state index contributed by atoms with van der Waals surface area (Å²) in [7, 11) is -0.0785. The van der Waals surface area contributed by atoms with Crippen molar-refractivity contribution >= 4 is 38.3 Å². The van der Waals surface area contributed by atoms with Crippen LogP contribution in [0.25, 0.3) is 0 Å². The standard InChI is InChI=1S/C31H47O4P.Li.H/c1-7-10-13-16-33-26-21-27(34-17-14-11-8-2)30(28(22-26)35-18-15-12-9-3)36-31(32)29-24(5)19-23(4)20-25(29)6;;/h19-22,36H,7-18H2,1-6H3;;. The van der Waals surface area contributed by atoms with Gasteiger partial charge in [0.05, 0.1) is 25.1 Å². The number of carbonyl (C=O) groups excluding carboxylic acids is 1. The van der Waals surface area contributed by atoms with Gasteiger partial charge < -0.3 is 14.2 Å². The van der Waals surface area contributed by atoms with Crippen LogP contribution < -0.4 is 19.5 Å². The summed E-state index contributed by atoms with van der Waals surface area (Å²) in [4.78, 5) is 13.6. The third-order valence-electron chi connectivity index (χ3n) is 6.21. The van der Waals surface area contributed by atoms with Crippen molar-refractivity contribution in [1.82, 2.24) is 0 Å². The van der Waals surface area contributed by atoms with E-state index in [9.17, 15) is 4.79 Å². The van der Waals surface area contributed by atoms with Crippen LogP contribution in [0.1, 0.15) is 106 Å². The molecule has 2 aromatic rings. The maximum atomic E-state index is 13.6. The van der Waals surface area contributed by atoms with Gasteiger partial charge in [0.1, 0.15) is 17.2 Å². The van der Waals surface area contributed by atoms with Gasteiger partial charge in [0, 0.05) is 17.7 Å². The fraction of sp³-hybridized carbons (Fsp3) is 0.581. The quantitative estimate of drug-likeness (QED) is 0.114. The maximum absolute atomic E-state index is 13.6. The van der Waals surface area contributed by atoms with Crippen LogP contribution in [-0.4, -0.2) is 44.2 Å². The average Bonchev–Trinajstić information content (AvgIpc) is 2.83. The third-order valence-corrected chi connectivity index (χ3v) is 7.43. The summed E-state index contributed by atoms with van der Waals surface area (Å²) >= 11 is 0. The molecule has 1 atom stereocenters. The van der Waals surface area contributed by atoms with Crippen LogP contribution in [-0.2, 0) is 0 Å². The molecule has 0 aliphatic heterocycles. The molecule has 0 saturated heterocycles. The van der Waals surface area contributed by atoms with E-state index < -0.39 is 0 Å². The van der Waals surface area contributed by atoms with E-state index in [-0.39, 0.29) is 33.0 Å². The van der Waals surface area contributed by atoms with Crippen LogP contribution in [0.4, 0.5) is 0 Å². The summed E-state index contributed by atoms with van der Waals surface area (Å²) in [5.41, 5.74) is 4.16. The molecule has 0 N–H and O–H groups in total. The molecule has 0 aromatic heterocycles. The molecule has 6 heteroatoms. The number of hydrogen-bond donors (Lipinski definition) is 0. The first-order chi connectivity index (χ1) is 17.4. The molecule has 2 rings (SSSR count). The molecule has 0 saturated carbocycles. The van der Waals surface area contributed by atoms with Crippen molar-refractivity contribution < 1.29 is 19.0 Å². The van der Waals surface area contributed by atoms with Gasteiger partial charge in [0.15, 0.2) is 5.52 Å². The zero-order valence-electron chi connectivity index (χ0n) is 23.4. The Bertz CT molecular complexity index is 904. The van der Waals surface area contributed by atoms with E-state index in [4.69, 9.17) is 14.2 Å². The number of unbranched alkanes of at least 4 members (excludes halogenated alkanes) is 6. The molecule has 2 aromatic carbocycles. The fourth-order valence-electron chi connectivity index (χ4n) is 4.32. The average molecular weight is 523 g/mol. The number of carbonyl (C=O) groups is 1. The second-order valence-corrected chi connectivity index (χ2v) is 10.9. The van der Waals surface area contributed by atoms with Crippen LogP contribution in [0.2, 0.25) is 0 Å². The Morgan fingerprint density at radius 2 is 1.11 bits per heavy atom. The van der Waals surface area contributed by atoms with Gasteiger partial charge in [-0.1, -0.05) is 77.0 Å². The third kappa shape index (κ3) is 11.4. The minimum absolute atomic E-state index is 0. The summed E-state index contributed by atoms with van der Waals surface area (Å²) in [6.07, 6.45) is 9.78. The first-order valence-electron chi connectivity index (χ1n) is 13.9. The van der Waals surface area contributed by atoms with Crippen molar-refractivity contribution in [2.45, 2.75) is 99.3 Å². The Morgan fingerprint density at radius 3 is 1.54 bits per heavy atom. The van der Waals surface area contributed by atoms with Crippen molar-refractivity contribution in [3.63, 3.8) is 0 Å². The van der Waals surface area contributed by atoms with Crippen LogP contribution in [0.15, 0.2) is 24.3 Å².